The molecule has 0 saturated heterocycles. The van der Waals surface area contributed by atoms with Gasteiger partial charge in [0.2, 0.25) is 0 Å². The molecule has 0 N–H and O–H groups in total. The van der Waals surface area contributed by atoms with Crippen molar-refractivity contribution in [1.82, 2.24) is 4.57 Å². The SMILES string of the molecule is c1ccc(N(c2ccc3c(c2)C2(c4ccccc4-c4ccccc42)c2ccccc2-3)c2ccc(-c3ccc4c(c3)c3ccccc3n4-c3ccccc3)c3ccccc23)cc1. The average molecular weight is 775 g/mol. The molecule has 0 unspecified atom stereocenters. The van der Waals surface area contributed by atoms with Crippen molar-refractivity contribution in [1.29, 1.82) is 0 Å². The fourth-order valence-electron chi connectivity index (χ4n) is 11.0. The molecule has 1 heterocycles. The van der Waals surface area contributed by atoms with Crippen LogP contribution in [0.3, 0.4) is 0 Å². The van der Waals surface area contributed by atoms with Crippen molar-refractivity contribution in [3.63, 3.8) is 0 Å². The summed E-state index contributed by atoms with van der Waals surface area (Å²) in [5.74, 6) is 0. The van der Waals surface area contributed by atoms with Gasteiger partial charge in [-0.05, 0) is 122 Å². The van der Waals surface area contributed by atoms with Gasteiger partial charge in [0, 0.05) is 33.2 Å². The van der Waals surface area contributed by atoms with Gasteiger partial charge in [0.05, 0.1) is 22.1 Å². The molecule has 0 saturated carbocycles. The van der Waals surface area contributed by atoms with Gasteiger partial charge in [0.15, 0.2) is 0 Å². The van der Waals surface area contributed by atoms with Crippen LogP contribution in [0.1, 0.15) is 22.3 Å². The van der Waals surface area contributed by atoms with Crippen molar-refractivity contribution in [2.75, 3.05) is 4.90 Å². The van der Waals surface area contributed by atoms with E-state index in [9.17, 15) is 0 Å². The molecule has 0 radical (unpaired) electrons. The van der Waals surface area contributed by atoms with Gasteiger partial charge in [-0.3, -0.25) is 0 Å². The zero-order valence-corrected chi connectivity index (χ0v) is 33.3. The maximum atomic E-state index is 2.49. The summed E-state index contributed by atoms with van der Waals surface area (Å²) in [4.78, 5) is 2.46. The van der Waals surface area contributed by atoms with Crippen LogP contribution in [0, 0.1) is 0 Å². The van der Waals surface area contributed by atoms with Crippen molar-refractivity contribution < 1.29 is 0 Å². The monoisotopic (exact) mass is 774 g/mol. The molecule has 2 heteroatoms. The smallest absolute Gasteiger partial charge is 0.0726 e. The number of hydrogen-bond donors (Lipinski definition) is 0. The quantitative estimate of drug-likeness (QED) is 0.169. The number of benzene rings is 10. The highest BCUT2D eigenvalue weighted by Gasteiger charge is 2.51. The summed E-state index contributed by atoms with van der Waals surface area (Å²) in [5.41, 5.74) is 19.6. The average Bonchev–Trinajstić information content (AvgIpc) is 3.94. The maximum absolute atomic E-state index is 2.49. The lowest BCUT2D eigenvalue weighted by atomic mass is 9.70. The van der Waals surface area contributed by atoms with Crippen LogP contribution in [0.5, 0.6) is 0 Å². The summed E-state index contributed by atoms with van der Waals surface area (Å²) >= 11 is 0. The molecular weight excluding hydrogens is 737 g/mol. The van der Waals surface area contributed by atoms with E-state index < -0.39 is 5.41 Å². The number of hydrogen-bond acceptors (Lipinski definition) is 1. The summed E-state index contributed by atoms with van der Waals surface area (Å²) in [5, 5.41) is 4.92. The molecule has 284 valence electrons. The predicted octanol–water partition coefficient (Wildman–Crippen LogP) is 15.4. The zero-order valence-electron chi connectivity index (χ0n) is 33.3. The number of rotatable bonds is 5. The lowest BCUT2D eigenvalue weighted by Gasteiger charge is -2.32. The Labute approximate surface area is 354 Å². The van der Waals surface area contributed by atoms with Crippen LogP contribution in [-0.2, 0) is 5.41 Å². The van der Waals surface area contributed by atoms with Crippen molar-refractivity contribution in [3.05, 3.63) is 253 Å². The normalized spacial score (nSPS) is 13.0. The van der Waals surface area contributed by atoms with E-state index in [4.69, 9.17) is 0 Å². The molecule has 0 atom stereocenters. The van der Waals surface area contributed by atoms with E-state index in [0.29, 0.717) is 0 Å². The standard InChI is InChI=1S/C59H38N2/c1-3-17-40(18-4-1)60(42-32-33-48-47-24-11-15-29-54(47)59(55(48)38-42)52-27-13-9-22-45(52)46-23-10-14-28-53(46)59)57-36-34-43(44-21-7-8-25-49(44)57)39-31-35-58-51(37-39)50-26-12-16-30-56(50)61(58)41-19-5-2-6-20-41/h1-38H. The first-order valence-electron chi connectivity index (χ1n) is 21.2. The van der Waals surface area contributed by atoms with E-state index in [1.807, 2.05) is 0 Å². The van der Waals surface area contributed by atoms with E-state index in [1.165, 1.54) is 93.9 Å². The molecule has 13 rings (SSSR count). The lowest BCUT2D eigenvalue weighted by molar-refractivity contribution is 0.793. The molecule has 0 amide bonds. The summed E-state index contributed by atoms with van der Waals surface area (Å²) in [6.07, 6.45) is 0. The number of nitrogens with zero attached hydrogens (tertiary/aromatic N) is 2. The van der Waals surface area contributed by atoms with Gasteiger partial charge in [0.1, 0.15) is 0 Å². The zero-order chi connectivity index (χ0) is 40.1. The highest BCUT2D eigenvalue weighted by Crippen LogP contribution is 2.63. The van der Waals surface area contributed by atoms with Crippen LogP contribution in [0.4, 0.5) is 17.1 Å². The third-order valence-electron chi connectivity index (χ3n) is 13.4. The largest absolute Gasteiger partial charge is 0.310 e. The Hall–Kier alpha value is -7.94. The molecule has 2 aliphatic rings. The molecular formula is C59H38N2. The first kappa shape index (κ1) is 34.0. The van der Waals surface area contributed by atoms with Gasteiger partial charge in [-0.15, -0.1) is 0 Å². The van der Waals surface area contributed by atoms with Crippen molar-refractivity contribution in [3.8, 4) is 39.1 Å². The van der Waals surface area contributed by atoms with Crippen LogP contribution in [0.25, 0.3) is 71.6 Å². The van der Waals surface area contributed by atoms with Gasteiger partial charge in [-0.25, -0.2) is 0 Å². The Balaban J connectivity index is 1.02. The van der Waals surface area contributed by atoms with E-state index in [1.54, 1.807) is 0 Å². The third-order valence-corrected chi connectivity index (χ3v) is 13.4. The van der Waals surface area contributed by atoms with Crippen molar-refractivity contribution >= 4 is 49.6 Å². The minimum absolute atomic E-state index is 0.425. The van der Waals surface area contributed by atoms with E-state index in [2.05, 4.69) is 240 Å². The molecule has 11 aromatic rings. The highest BCUT2D eigenvalue weighted by atomic mass is 15.1. The first-order valence-corrected chi connectivity index (χ1v) is 21.2. The van der Waals surface area contributed by atoms with Crippen LogP contribution in [0.15, 0.2) is 231 Å². The van der Waals surface area contributed by atoms with E-state index in [-0.39, 0.29) is 0 Å². The molecule has 0 fully saturated rings. The molecule has 1 aromatic heterocycles. The van der Waals surface area contributed by atoms with Crippen LogP contribution in [-0.4, -0.2) is 4.57 Å². The summed E-state index contributed by atoms with van der Waals surface area (Å²) in [6.45, 7) is 0. The molecule has 1 spiro atoms. The lowest BCUT2D eigenvalue weighted by Crippen LogP contribution is -2.26. The topological polar surface area (TPSA) is 8.17 Å². The van der Waals surface area contributed by atoms with E-state index >= 15 is 0 Å². The van der Waals surface area contributed by atoms with Crippen LogP contribution in [0.2, 0.25) is 0 Å². The second kappa shape index (κ2) is 13.0. The molecule has 0 bridgehead atoms. The summed E-state index contributed by atoms with van der Waals surface area (Å²) in [7, 11) is 0. The van der Waals surface area contributed by atoms with Crippen LogP contribution >= 0.6 is 0 Å². The number of anilines is 3. The second-order valence-corrected chi connectivity index (χ2v) is 16.4. The van der Waals surface area contributed by atoms with Crippen molar-refractivity contribution in [2.45, 2.75) is 5.41 Å². The van der Waals surface area contributed by atoms with Gasteiger partial charge < -0.3 is 9.47 Å². The van der Waals surface area contributed by atoms with Gasteiger partial charge >= 0.3 is 0 Å². The highest BCUT2D eigenvalue weighted by molar-refractivity contribution is 6.12. The van der Waals surface area contributed by atoms with Crippen LogP contribution < -0.4 is 4.90 Å². The molecule has 61 heavy (non-hydrogen) atoms. The van der Waals surface area contributed by atoms with Gasteiger partial charge in [0.25, 0.3) is 0 Å². The van der Waals surface area contributed by atoms with Gasteiger partial charge in [-0.2, -0.15) is 0 Å². The Morgan fingerprint density at radius 2 is 0.836 bits per heavy atom. The Kier molecular flexibility index (Phi) is 7.26. The fourth-order valence-corrected chi connectivity index (χ4v) is 11.0. The second-order valence-electron chi connectivity index (χ2n) is 16.4. The molecule has 10 aromatic carbocycles. The Bertz CT molecular complexity index is 3480. The minimum atomic E-state index is -0.425. The number of fused-ring (bicyclic) bond motifs is 14. The first-order chi connectivity index (χ1) is 30.3. The fraction of sp³-hybridized carbons (Fsp3) is 0.0169. The van der Waals surface area contributed by atoms with Crippen molar-refractivity contribution in [2.24, 2.45) is 0 Å². The predicted molar refractivity (Wildman–Crippen MR) is 255 cm³/mol. The molecule has 2 nitrogen and oxygen atoms in total. The third kappa shape index (κ3) is 4.73. The number of para-hydroxylation sites is 3. The Morgan fingerprint density at radius 3 is 1.52 bits per heavy atom. The minimum Gasteiger partial charge on any atom is -0.310 e. The van der Waals surface area contributed by atoms with Gasteiger partial charge in [-0.1, -0.05) is 170 Å². The number of aromatic nitrogens is 1. The molecule has 2 aliphatic carbocycles. The summed E-state index contributed by atoms with van der Waals surface area (Å²) < 4.78 is 2.38. The Morgan fingerprint density at radius 1 is 0.311 bits per heavy atom. The van der Waals surface area contributed by atoms with E-state index in [0.717, 1.165) is 17.1 Å². The maximum Gasteiger partial charge on any atom is 0.0726 e. The molecule has 0 aliphatic heterocycles. The summed E-state index contributed by atoms with van der Waals surface area (Å²) in [6, 6.07) is 85.2.